The van der Waals surface area contributed by atoms with E-state index in [1.807, 2.05) is 26.0 Å². The van der Waals surface area contributed by atoms with Crippen LogP contribution in [0.3, 0.4) is 0 Å². The van der Waals surface area contributed by atoms with Crippen LogP contribution in [0.4, 0.5) is 0 Å². The van der Waals surface area contributed by atoms with Gasteiger partial charge in [0, 0.05) is 31.5 Å². The molecular weight excluding hydrogens is 444 g/mol. The van der Waals surface area contributed by atoms with Crippen molar-refractivity contribution in [3.63, 3.8) is 0 Å². The fourth-order valence-electron chi connectivity index (χ4n) is 5.78. The van der Waals surface area contributed by atoms with Gasteiger partial charge in [0.2, 0.25) is 0 Å². The summed E-state index contributed by atoms with van der Waals surface area (Å²) in [6.07, 6.45) is 5.28. The van der Waals surface area contributed by atoms with Crippen LogP contribution in [0, 0.1) is 11.3 Å². The van der Waals surface area contributed by atoms with E-state index >= 15 is 0 Å². The number of nitrogens with zero attached hydrogens (tertiary/aromatic N) is 2. The zero-order valence-corrected chi connectivity index (χ0v) is 22.2. The Morgan fingerprint density at radius 1 is 1.20 bits per heavy atom. The minimum atomic E-state index is -0.786. The van der Waals surface area contributed by atoms with E-state index in [-0.39, 0.29) is 29.8 Å². The van der Waals surface area contributed by atoms with Crippen molar-refractivity contribution in [2.24, 2.45) is 11.3 Å². The summed E-state index contributed by atoms with van der Waals surface area (Å²) >= 11 is 0. The number of fused-ring (bicyclic) bond motifs is 1. The topological polar surface area (TPSA) is 79.3 Å². The van der Waals surface area contributed by atoms with Crippen LogP contribution in [0.1, 0.15) is 83.8 Å². The molecule has 2 aliphatic heterocycles. The van der Waals surface area contributed by atoms with Crippen LogP contribution in [-0.4, -0.2) is 65.8 Å². The lowest BCUT2D eigenvalue weighted by molar-refractivity contribution is -0.188. The van der Waals surface area contributed by atoms with Crippen molar-refractivity contribution in [3.8, 4) is 5.75 Å². The van der Waals surface area contributed by atoms with Crippen molar-refractivity contribution in [1.82, 2.24) is 9.96 Å². The summed E-state index contributed by atoms with van der Waals surface area (Å²) in [5.74, 6) is -0.729. The third-order valence-corrected chi connectivity index (χ3v) is 7.36. The first kappa shape index (κ1) is 27.5. The molecule has 0 saturated carbocycles. The lowest BCUT2D eigenvalue weighted by Crippen LogP contribution is -2.45. The summed E-state index contributed by atoms with van der Waals surface area (Å²) < 4.78 is 5.67. The Hall–Kier alpha value is -2.12. The van der Waals surface area contributed by atoms with E-state index in [2.05, 4.69) is 31.7 Å². The highest BCUT2D eigenvalue weighted by atomic mass is 16.7. The molecule has 1 fully saturated rings. The van der Waals surface area contributed by atoms with Crippen LogP contribution in [0.15, 0.2) is 18.2 Å². The third kappa shape index (κ3) is 6.76. The van der Waals surface area contributed by atoms with Crippen LogP contribution < -0.4 is 4.74 Å². The molecule has 3 rings (SSSR count). The SMILES string of the molecule is CCCON(CCC)C(=O)CN1C[C@H](c2ccc3c(c2)CCO3)C(C(=O)O)[C@@H]1CC(C)(C)CCC. The summed E-state index contributed by atoms with van der Waals surface area (Å²) in [6, 6.07) is 5.89. The van der Waals surface area contributed by atoms with Crippen molar-refractivity contribution in [2.45, 2.75) is 85.1 Å². The van der Waals surface area contributed by atoms with Crippen molar-refractivity contribution in [2.75, 3.05) is 32.8 Å². The van der Waals surface area contributed by atoms with Crippen molar-refractivity contribution >= 4 is 11.9 Å². The normalized spacial score (nSPS) is 22.1. The molecule has 2 aliphatic rings. The minimum Gasteiger partial charge on any atom is -0.493 e. The molecule has 196 valence electrons. The molecule has 1 unspecified atom stereocenters. The molecule has 1 amide bonds. The largest absolute Gasteiger partial charge is 0.493 e. The van der Waals surface area contributed by atoms with E-state index in [1.54, 1.807) is 0 Å². The maximum Gasteiger partial charge on any atom is 0.308 e. The molecule has 7 heteroatoms. The molecule has 0 aliphatic carbocycles. The Morgan fingerprint density at radius 2 is 1.97 bits per heavy atom. The number of benzene rings is 1. The molecule has 1 aromatic rings. The summed E-state index contributed by atoms with van der Waals surface area (Å²) in [5, 5.41) is 11.9. The van der Waals surface area contributed by atoms with Gasteiger partial charge in [-0.25, -0.2) is 5.06 Å². The summed E-state index contributed by atoms with van der Waals surface area (Å²) in [5.41, 5.74) is 2.16. The Morgan fingerprint density at radius 3 is 2.63 bits per heavy atom. The molecular formula is C28H44N2O5. The number of rotatable bonds is 13. The Labute approximate surface area is 210 Å². The molecule has 1 N–H and O–H groups in total. The van der Waals surface area contributed by atoms with Crippen LogP contribution in [0.2, 0.25) is 0 Å². The van der Waals surface area contributed by atoms with Crippen molar-refractivity contribution < 1.29 is 24.3 Å². The number of aliphatic carboxylic acids is 1. The zero-order valence-electron chi connectivity index (χ0n) is 22.2. The number of amides is 1. The van der Waals surface area contributed by atoms with E-state index in [0.717, 1.165) is 55.4 Å². The van der Waals surface area contributed by atoms with E-state index in [9.17, 15) is 14.7 Å². The van der Waals surface area contributed by atoms with E-state index < -0.39 is 11.9 Å². The van der Waals surface area contributed by atoms with Gasteiger partial charge in [-0.05, 0) is 48.3 Å². The number of carbonyl (C=O) groups excluding carboxylic acids is 1. The molecule has 1 aromatic carbocycles. The first-order chi connectivity index (χ1) is 16.7. The molecule has 0 bridgehead atoms. The second kappa shape index (κ2) is 12.2. The third-order valence-electron chi connectivity index (χ3n) is 7.36. The second-order valence-corrected chi connectivity index (χ2v) is 10.9. The number of carbonyl (C=O) groups is 2. The molecule has 7 nitrogen and oxygen atoms in total. The standard InChI is InChI=1S/C28H44N2O5/c1-6-12-28(4,5)17-23-26(27(32)33)22(20-9-10-24-21(16-20)11-15-34-24)18-29(23)19-25(31)30(13-7-2)35-14-8-3/h9-10,16,22-23,26H,6-8,11-15,17-19H2,1-5H3,(H,32,33)/t22-,23+,26?/m1/s1. The number of likely N-dealkylation sites (tertiary alicyclic amines) is 1. The van der Waals surface area contributed by atoms with Gasteiger partial charge >= 0.3 is 5.97 Å². The predicted octanol–water partition coefficient (Wildman–Crippen LogP) is 4.89. The Balaban J connectivity index is 1.91. The minimum absolute atomic E-state index is 0.0170. The average molecular weight is 489 g/mol. The Bertz CT molecular complexity index is 871. The highest BCUT2D eigenvalue weighted by molar-refractivity contribution is 5.78. The maximum atomic E-state index is 13.3. The molecule has 1 saturated heterocycles. The number of hydrogen-bond donors (Lipinski definition) is 1. The van der Waals surface area contributed by atoms with Gasteiger partial charge in [0.25, 0.3) is 5.91 Å². The van der Waals surface area contributed by atoms with E-state index in [1.165, 1.54) is 5.06 Å². The molecule has 0 aromatic heterocycles. The van der Waals surface area contributed by atoms with Gasteiger partial charge in [-0.15, -0.1) is 0 Å². The van der Waals surface area contributed by atoms with Gasteiger partial charge in [0.15, 0.2) is 0 Å². The van der Waals surface area contributed by atoms with Gasteiger partial charge in [0.1, 0.15) is 5.75 Å². The highest BCUT2D eigenvalue weighted by Crippen LogP contribution is 2.44. The molecule has 2 heterocycles. The molecule has 0 radical (unpaired) electrons. The summed E-state index contributed by atoms with van der Waals surface area (Å²) in [6.45, 7) is 13.0. The monoisotopic (exact) mass is 488 g/mol. The lowest BCUT2D eigenvalue weighted by atomic mass is 9.76. The fourth-order valence-corrected chi connectivity index (χ4v) is 5.78. The van der Waals surface area contributed by atoms with E-state index in [0.29, 0.717) is 26.3 Å². The van der Waals surface area contributed by atoms with Gasteiger partial charge in [0.05, 0.1) is 25.7 Å². The van der Waals surface area contributed by atoms with Crippen molar-refractivity contribution in [3.05, 3.63) is 29.3 Å². The quantitative estimate of drug-likeness (QED) is 0.399. The second-order valence-electron chi connectivity index (χ2n) is 10.9. The first-order valence-corrected chi connectivity index (χ1v) is 13.4. The van der Waals surface area contributed by atoms with Gasteiger partial charge in [-0.2, -0.15) is 0 Å². The highest BCUT2D eigenvalue weighted by Gasteiger charge is 2.48. The first-order valence-electron chi connectivity index (χ1n) is 13.4. The lowest BCUT2D eigenvalue weighted by Gasteiger charge is -2.35. The zero-order chi connectivity index (χ0) is 25.6. The number of carboxylic acid groups (broad SMARTS) is 1. The number of hydroxylamine groups is 2. The average Bonchev–Trinajstić information content (AvgIpc) is 3.40. The van der Waals surface area contributed by atoms with Crippen LogP contribution in [-0.2, 0) is 20.8 Å². The van der Waals surface area contributed by atoms with Crippen LogP contribution in [0.5, 0.6) is 5.75 Å². The van der Waals surface area contributed by atoms with Crippen molar-refractivity contribution in [1.29, 1.82) is 0 Å². The molecule has 35 heavy (non-hydrogen) atoms. The van der Waals surface area contributed by atoms with E-state index in [4.69, 9.17) is 9.57 Å². The smallest absolute Gasteiger partial charge is 0.308 e. The molecule has 0 spiro atoms. The maximum absolute atomic E-state index is 13.3. The predicted molar refractivity (Wildman–Crippen MR) is 136 cm³/mol. The fraction of sp³-hybridized carbons (Fsp3) is 0.714. The number of ether oxygens (including phenoxy) is 1. The van der Waals surface area contributed by atoms with Crippen LogP contribution in [0.25, 0.3) is 0 Å². The van der Waals surface area contributed by atoms with Gasteiger partial charge < -0.3 is 9.84 Å². The summed E-state index contributed by atoms with van der Waals surface area (Å²) in [7, 11) is 0. The van der Waals surface area contributed by atoms with Gasteiger partial charge in [-0.3, -0.25) is 19.3 Å². The number of hydrogen-bond acceptors (Lipinski definition) is 5. The van der Waals surface area contributed by atoms with Gasteiger partial charge in [-0.1, -0.05) is 53.2 Å². The Kier molecular flexibility index (Phi) is 9.59. The van der Waals surface area contributed by atoms with Crippen LogP contribution >= 0.6 is 0 Å². The number of carboxylic acids is 1. The summed E-state index contributed by atoms with van der Waals surface area (Å²) in [4.78, 5) is 33.9. The molecule has 3 atom stereocenters.